The van der Waals surface area contributed by atoms with Gasteiger partial charge in [0.2, 0.25) is 11.8 Å². The molecule has 0 unspecified atom stereocenters. The molecule has 0 saturated carbocycles. The Kier molecular flexibility index (Phi) is 5.40. The highest BCUT2D eigenvalue weighted by Gasteiger charge is 2.25. The SMILES string of the molecule is COc1cccc(N(C(C)=O)c2nc(/C=C3/N=C(c4ccccc4)OC3=O)cs2)c1. The predicted octanol–water partition coefficient (Wildman–Crippen LogP) is 4.18. The smallest absolute Gasteiger partial charge is 0.363 e. The summed E-state index contributed by atoms with van der Waals surface area (Å²) in [5, 5.41) is 2.23. The summed E-state index contributed by atoms with van der Waals surface area (Å²) in [5.41, 5.74) is 2.02. The molecule has 2 aromatic carbocycles. The lowest BCUT2D eigenvalue weighted by molar-refractivity contribution is -0.130. The fraction of sp³-hybridized carbons (Fsp3) is 0.0909. The minimum atomic E-state index is -0.542. The number of aliphatic imine (C=N–C) groups is 1. The lowest BCUT2D eigenvalue weighted by Crippen LogP contribution is -2.22. The topological polar surface area (TPSA) is 81.1 Å². The molecular formula is C22H17N3O4S. The first kappa shape index (κ1) is 19.5. The molecule has 0 radical (unpaired) electrons. The summed E-state index contributed by atoms with van der Waals surface area (Å²) < 4.78 is 10.5. The molecule has 0 spiro atoms. The predicted molar refractivity (Wildman–Crippen MR) is 115 cm³/mol. The zero-order valence-corrected chi connectivity index (χ0v) is 17.1. The standard InChI is InChI=1S/C22H17N3O4S/c1-14(26)25(17-9-6-10-18(12-17)28-2)22-23-16(13-30-22)11-19-21(27)29-20(24-19)15-7-4-3-5-8-15/h3-13H,1-2H3/b19-11+. The molecule has 1 aliphatic rings. The maximum absolute atomic E-state index is 12.3. The molecule has 1 amide bonds. The number of ether oxygens (including phenoxy) is 2. The molecule has 3 aromatic rings. The highest BCUT2D eigenvalue weighted by Crippen LogP contribution is 2.32. The van der Waals surface area contributed by atoms with Crippen LogP contribution in [-0.4, -0.2) is 29.9 Å². The normalized spacial score (nSPS) is 14.4. The van der Waals surface area contributed by atoms with Crippen molar-refractivity contribution in [1.82, 2.24) is 4.98 Å². The molecule has 0 N–H and O–H groups in total. The lowest BCUT2D eigenvalue weighted by Gasteiger charge is -2.18. The first-order valence-corrected chi connectivity index (χ1v) is 9.91. The number of thiazole rings is 1. The van der Waals surface area contributed by atoms with E-state index in [1.807, 2.05) is 30.3 Å². The number of carbonyl (C=O) groups is 2. The van der Waals surface area contributed by atoms with Gasteiger partial charge in [0.15, 0.2) is 10.8 Å². The third-order valence-electron chi connectivity index (χ3n) is 4.25. The van der Waals surface area contributed by atoms with Crippen LogP contribution in [0.2, 0.25) is 0 Å². The summed E-state index contributed by atoms with van der Waals surface area (Å²) in [5.74, 6) is 0.152. The number of carbonyl (C=O) groups excluding carboxylic acids is 2. The number of hydrogen-bond donors (Lipinski definition) is 0. The van der Waals surface area contributed by atoms with Gasteiger partial charge in [0.05, 0.1) is 18.5 Å². The summed E-state index contributed by atoms with van der Waals surface area (Å²) in [4.78, 5) is 34.7. The van der Waals surface area contributed by atoms with Crippen LogP contribution in [0.3, 0.4) is 0 Å². The molecule has 150 valence electrons. The zero-order chi connectivity index (χ0) is 21.1. The van der Waals surface area contributed by atoms with Crippen molar-refractivity contribution in [2.45, 2.75) is 6.92 Å². The Hall–Kier alpha value is -3.78. The van der Waals surface area contributed by atoms with Crippen LogP contribution in [0.4, 0.5) is 10.8 Å². The Morgan fingerprint density at radius 3 is 2.70 bits per heavy atom. The van der Waals surface area contributed by atoms with Gasteiger partial charge in [0.1, 0.15) is 5.75 Å². The Morgan fingerprint density at radius 2 is 1.97 bits per heavy atom. The van der Waals surface area contributed by atoms with Gasteiger partial charge in [-0.3, -0.25) is 9.69 Å². The number of anilines is 2. The van der Waals surface area contributed by atoms with Crippen molar-refractivity contribution in [3.63, 3.8) is 0 Å². The Bertz CT molecular complexity index is 1170. The average Bonchev–Trinajstić information content (AvgIpc) is 3.36. The maximum Gasteiger partial charge on any atom is 0.363 e. The van der Waals surface area contributed by atoms with Gasteiger partial charge in [-0.05, 0) is 30.3 Å². The van der Waals surface area contributed by atoms with E-state index in [0.29, 0.717) is 27.8 Å². The quantitative estimate of drug-likeness (QED) is 0.458. The van der Waals surface area contributed by atoms with Gasteiger partial charge in [0.25, 0.3) is 0 Å². The number of aromatic nitrogens is 1. The number of hydrogen-bond acceptors (Lipinski definition) is 7. The average molecular weight is 419 g/mol. The summed E-state index contributed by atoms with van der Waals surface area (Å²) in [7, 11) is 1.57. The minimum absolute atomic E-state index is 0.154. The molecule has 1 aliphatic heterocycles. The largest absolute Gasteiger partial charge is 0.497 e. The van der Waals surface area contributed by atoms with Crippen LogP contribution in [0.25, 0.3) is 6.08 Å². The van der Waals surface area contributed by atoms with E-state index in [2.05, 4.69) is 9.98 Å². The highest BCUT2D eigenvalue weighted by molar-refractivity contribution is 7.14. The van der Waals surface area contributed by atoms with E-state index in [-0.39, 0.29) is 17.5 Å². The van der Waals surface area contributed by atoms with Crippen molar-refractivity contribution < 1.29 is 19.1 Å². The van der Waals surface area contributed by atoms with Gasteiger partial charge in [0, 0.05) is 23.9 Å². The first-order valence-electron chi connectivity index (χ1n) is 9.03. The van der Waals surface area contributed by atoms with Crippen LogP contribution in [0.15, 0.2) is 70.7 Å². The Morgan fingerprint density at radius 1 is 1.17 bits per heavy atom. The molecule has 0 saturated heterocycles. The van der Waals surface area contributed by atoms with Gasteiger partial charge < -0.3 is 9.47 Å². The van der Waals surface area contributed by atoms with E-state index in [1.54, 1.807) is 42.8 Å². The molecule has 2 heterocycles. The van der Waals surface area contributed by atoms with Gasteiger partial charge in [-0.2, -0.15) is 0 Å². The Balaban J connectivity index is 1.63. The van der Waals surface area contributed by atoms with Crippen molar-refractivity contribution in [3.05, 3.63) is 76.9 Å². The van der Waals surface area contributed by atoms with Crippen molar-refractivity contribution in [2.24, 2.45) is 4.99 Å². The second-order valence-electron chi connectivity index (χ2n) is 6.31. The highest BCUT2D eigenvalue weighted by atomic mass is 32.1. The molecule has 0 aliphatic carbocycles. The van der Waals surface area contributed by atoms with Crippen molar-refractivity contribution in [1.29, 1.82) is 0 Å². The van der Waals surface area contributed by atoms with E-state index in [9.17, 15) is 9.59 Å². The molecule has 7 nitrogen and oxygen atoms in total. The molecule has 1 aromatic heterocycles. The van der Waals surface area contributed by atoms with E-state index in [4.69, 9.17) is 9.47 Å². The number of benzene rings is 2. The molecule has 0 bridgehead atoms. The van der Waals surface area contributed by atoms with Crippen LogP contribution in [-0.2, 0) is 14.3 Å². The molecule has 8 heteroatoms. The van der Waals surface area contributed by atoms with E-state index >= 15 is 0 Å². The second-order valence-corrected chi connectivity index (χ2v) is 7.15. The monoisotopic (exact) mass is 419 g/mol. The molecule has 0 atom stereocenters. The minimum Gasteiger partial charge on any atom is -0.497 e. The number of nitrogens with zero attached hydrogens (tertiary/aromatic N) is 3. The third kappa shape index (κ3) is 3.99. The Labute approximate surface area is 176 Å². The second kappa shape index (κ2) is 8.30. The molecule has 0 fully saturated rings. The van der Waals surface area contributed by atoms with Crippen LogP contribution < -0.4 is 9.64 Å². The third-order valence-corrected chi connectivity index (χ3v) is 5.10. The van der Waals surface area contributed by atoms with Gasteiger partial charge in [-0.15, -0.1) is 11.3 Å². The fourth-order valence-corrected chi connectivity index (χ4v) is 3.72. The van der Waals surface area contributed by atoms with Crippen LogP contribution in [0.5, 0.6) is 5.75 Å². The van der Waals surface area contributed by atoms with Gasteiger partial charge in [-0.1, -0.05) is 24.3 Å². The zero-order valence-electron chi connectivity index (χ0n) is 16.2. The van der Waals surface area contributed by atoms with Crippen LogP contribution in [0, 0.1) is 0 Å². The first-order chi connectivity index (χ1) is 14.5. The van der Waals surface area contributed by atoms with Gasteiger partial charge in [-0.25, -0.2) is 14.8 Å². The van der Waals surface area contributed by atoms with E-state index in [1.165, 1.54) is 23.2 Å². The number of cyclic esters (lactones) is 1. The molecule has 4 rings (SSSR count). The molecular weight excluding hydrogens is 402 g/mol. The number of rotatable bonds is 5. The summed E-state index contributed by atoms with van der Waals surface area (Å²) in [6.45, 7) is 1.46. The number of esters is 1. The maximum atomic E-state index is 12.3. The number of methoxy groups -OCH3 is 1. The van der Waals surface area contributed by atoms with Crippen molar-refractivity contribution >= 4 is 46.0 Å². The van der Waals surface area contributed by atoms with E-state index in [0.717, 1.165) is 0 Å². The summed E-state index contributed by atoms with van der Waals surface area (Å²) in [6, 6.07) is 16.3. The van der Waals surface area contributed by atoms with Crippen molar-refractivity contribution in [2.75, 3.05) is 12.0 Å². The number of amides is 1. The van der Waals surface area contributed by atoms with E-state index < -0.39 is 5.97 Å². The lowest BCUT2D eigenvalue weighted by atomic mass is 10.2. The summed E-state index contributed by atoms with van der Waals surface area (Å²) >= 11 is 1.28. The molecule has 30 heavy (non-hydrogen) atoms. The van der Waals surface area contributed by atoms with Gasteiger partial charge >= 0.3 is 5.97 Å². The van der Waals surface area contributed by atoms with Crippen LogP contribution >= 0.6 is 11.3 Å². The van der Waals surface area contributed by atoms with Crippen molar-refractivity contribution in [3.8, 4) is 5.75 Å². The fourth-order valence-electron chi connectivity index (χ4n) is 2.88. The van der Waals surface area contributed by atoms with Crippen LogP contribution in [0.1, 0.15) is 18.2 Å². The summed E-state index contributed by atoms with van der Waals surface area (Å²) in [6.07, 6.45) is 1.54.